The minimum Gasteiger partial charge on any atom is -0.506 e. The number of aromatic hydroxyl groups is 1. The number of ketones is 1. The summed E-state index contributed by atoms with van der Waals surface area (Å²) < 4.78 is 0.936. The van der Waals surface area contributed by atoms with Crippen LogP contribution in [0.3, 0.4) is 0 Å². The van der Waals surface area contributed by atoms with Gasteiger partial charge in [0.05, 0.1) is 25.8 Å². The van der Waals surface area contributed by atoms with Crippen LogP contribution in [0, 0.1) is 0 Å². The van der Waals surface area contributed by atoms with Crippen LogP contribution in [-0.2, 0) is 0 Å². The summed E-state index contributed by atoms with van der Waals surface area (Å²) in [5, 5.41) is 13.5. The summed E-state index contributed by atoms with van der Waals surface area (Å²) >= 11 is 24.7. The van der Waals surface area contributed by atoms with Gasteiger partial charge in [-0.05, 0) is 64.5 Å². The molecule has 0 aliphatic rings. The summed E-state index contributed by atoms with van der Waals surface area (Å²) in [6, 6.07) is 12.2. The first kappa shape index (κ1) is 22.1. The van der Waals surface area contributed by atoms with E-state index in [9.17, 15) is 14.7 Å². The van der Waals surface area contributed by atoms with E-state index in [1.807, 2.05) is 0 Å². The molecule has 9 heteroatoms. The fraction of sp³-hybridized carbons (Fsp3) is 0. The highest BCUT2D eigenvalue weighted by Gasteiger charge is 2.20. The third-order valence-corrected chi connectivity index (χ3v) is 5.87. The molecule has 0 saturated heterocycles. The molecule has 1 amide bonds. The van der Waals surface area contributed by atoms with E-state index in [1.54, 1.807) is 30.3 Å². The highest BCUT2D eigenvalue weighted by Crippen LogP contribution is 2.34. The lowest BCUT2D eigenvalue weighted by Gasteiger charge is -2.12. The van der Waals surface area contributed by atoms with Crippen molar-refractivity contribution >= 4 is 84.0 Å². The Hall–Kier alpha value is -1.57. The van der Waals surface area contributed by atoms with E-state index in [1.165, 1.54) is 18.2 Å². The van der Waals surface area contributed by atoms with Gasteiger partial charge in [0.15, 0.2) is 5.78 Å². The molecular weight excluding hydrogens is 568 g/mol. The monoisotopic (exact) mass is 575 g/mol. The first-order chi connectivity index (χ1) is 13.7. The Morgan fingerprint density at radius 1 is 0.862 bits per heavy atom. The lowest BCUT2D eigenvalue weighted by molar-refractivity contribution is 0.101. The number of phenols is 1. The van der Waals surface area contributed by atoms with Crippen LogP contribution in [0.25, 0.3) is 0 Å². The number of benzene rings is 3. The zero-order valence-corrected chi connectivity index (χ0v) is 19.7. The molecule has 0 aliphatic heterocycles. The molecule has 0 saturated carbocycles. The molecular formula is C20H10Br2Cl3NO3. The minimum atomic E-state index is -0.612. The predicted molar refractivity (Wildman–Crippen MR) is 123 cm³/mol. The molecule has 0 unspecified atom stereocenters. The number of carbonyl (C=O) groups is 2. The number of phenolic OH excluding ortho intramolecular Hbond substituents is 1. The van der Waals surface area contributed by atoms with Gasteiger partial charge in [-0.25, -0.2) is 0 Å². The summed E-state index contributed by atoms with van der Waals surface area (Å²) in [5.74, 6) is -1.20. The SMILES string of the molecule is O=C(c1ccc(Cl)cc1)c1cc(NC(=O)c2cc(Br)cc(Br)c2O)c(Cl)cc1Cl. The molecule has 0 bridgehead atoms. The van der Waals surface area contributed by atoms with Gasteiger partial charge in [0.2, 0.25) is 0 Å². The lowest BCUT2D eigenvalue weighted by atomic mass is 10.0. The van der Waals surface area contributed by atoms with Gasteiger partial charge in [-0.15, -0.1) is 0 Å². The van der Waals surface area contributed by atoms with Crippen molar-refractivity contribution in [1.29, 1.82) is 0 Å². The van der Waals surface area contributed by atoms with Crippen LogP contribution in [0.5, 0.6) is 5.75 Å². The molecule has 0 atom stereocenters. The molecule has 0 heterocycles. The number of hydrogen-bond acceptors (Lipinski definition) is 3. The Morgan fingerprint density at radius 3 is 2.17 bits per heavy atom. The zero-order chi connectivity index (χ0) is 21.3. The van der Waals surface area contributed by atoms with Crippen molar-refractivity contribution in [2.75, 3.05) is 5.32 Å². The largest absolute Gasteiger partial charge is 0.506 e. The molecule has 29 heavy (non-hydrogen) atoms. The van der Waals surface area contributed by atoms with Crippen LogP contribution in [0.15, 0.2) is 57.5 Å². The summed E-state index contributed by atoms with van der Waals surface area (Å²) in [6.07, 6.45) is 0. The Balaban J connectivity index is 1.97. The van der Waals surface area contributed by atoms with Crippen LogP contribution in [-0.4, -0.2) is 16.8 Å². The van der Waals surface area contributed by atoms with Crippen molar-refractivity contribution in [3.8, 4) is 5.75 Å². The second-order valence-corrected chi connectivity index (χ2v) is 8.91. The van der Waals surface area contributed by atoms with Crippen molar-refractivity contribution in [2.45, 2.75) is 0 Å². The fourth-order valence-electron chi connectivity index (χ4n) is 2.50. The first-order valence-electron chi connectivity index (χ1n) is 7.96. The molecule has 0 fully saturated rings. The molecule has 0 radical (unpaired) electrons. The Bertz CT molecular complexity index is 1130. The number of anilines is 1. The van der Waals surface area contributed by atoms with Gasteiger partial charge < -0.3 is 10.4 Å². The molecule has 148 valence electrons. The van der Waals surface area contributed by atoms with Gasteiger partial charge in [0, 0.05) is 20.6 Å². The maximum Gasteiger partial charge on any atom is 0.259 e. The van der Waals surface area contributed by atoms with Gasteiger partial charge in [-0.1, -0.05) is 50.7 Å². The van der Waals surface area contributed by atoms with Gasteiger partial charge in [0.25, 0.3) is 5.91 Å². The lowest BCUT2D eigenvalue weighted by Crippen LogP contribution is -2.14. The molecule has 0 aliphatic carbocycles. The van der Waals surface area contributed by atoms with E-state index >= 15 is 0 Å². The van der Waals surface area contributed by atoms with E-state index in [0.29, 0.717) is 19.5 Å². The summed E-state index contributed by atoms with van der Waals surface area (Å²) in [6.45, 7) is 0. The smallest absolute Gasteiger partial charge is 0.259 e. The maximum absolute atomic E-state index is 12.8. The molecule has 2 N–H and O–H groups in total. The first-order valence-corrected chi connectivity index (χ1v) is 10.7. The van der Waals surface area contributed by atoms with Crippen molar-refractivity contribution in [2.24, 2.45) is 0 Å². The molecule has 0 spiro atoms. The maximum atomic E-state index is 12.8. The summed E-state index contributed by atoms with van der Waals surface area (Å²) in [4.78, 5) is 25.5. The number of hydrogen-bond donors (Lipinski definition) is 2. The van der Waals surface area contributed by atoms with E-state index in [-0.39, 0.29) is 38.4 Å². The Morgan fingerprint density at radius 2 is 1.52 bits per heavy atom. The topological polar surface area (TPSA) is 66.4 Å². The third kappa shape index (κ3) is 4.95. The van der Waals surface area contributed by atoms with E-state index < -0.39 is 5.91 Å². The van der Waals surface area contributed by atoms with E-state index in [2.05, 4.69) is 37.2 Å². The average Bonchev–Trinajstić information content (AvgIpc) is 2.66. The number of halogens is 5. The van der Waals surface area contributed by atoms with Crippen LogP contribution >= 0.6 is 66.7 Å². The van der Waals surface area contributed by atoms with Crippen LogP contribution in [0.4, 0.5) is 5.69 Å². The van der Waals surface area contributed by atoms with Crippen LogP contribution in [0.1, 0.15) is 26.3 Å². The number of nitrogens with one attached hydrogen (secondary N) is 1. The van der Waals surface area contributed by atoms with Gasteiger partial charge in [-0.2, -0.15) is 0 Å². The quantitative estimate of drug-likeness (QED) is 0.318. The highest BCUT2D eigenvalue weighted by atomic mass is 79.9. The van der Waals surface area contributed by atoms with Gasteiger partial charge in [-0.3, -0.25) is 9.59 Å². The molecule has 3 aromatic rings. The van der Waals surface area contributed by atoms with Crippen molar-refractivity contribution in [3.05, 3.63) is 89.2 Å². The van der Waals surface area contributed by atoms with Crippen LogP contribution < -0.4 is 5.32 Å². The normalized spacial score (nSPS) is 10.7. The average molecular weight is 578 g/mol. The number of amides is 1. The van der Waals surface area contributed by atoms with Crippen molar-refractivity contribution in [3.63, 3.8) is 0 Å². The molecule has 3 aromatic carbocycles. The number of carbonyl (C=O) groups excluding carboxylic acids is 2. The van der Waals surface area contributed by atoms with Gasteiger partial charge in [0.1, 0.15) is 5.75 Å². The zero-order valence-electron chi connectivity index (χ0n) is 14.3. The third-order valence-electron chi connectivity index (χ3n) is 3.93. The van der Waals surface area contributed by atoms with Crippen molar-refractivity contribution < 1.29 is 14.7 Å². The standard InChI is InChI=1S/C20H10Br2Cl3NO3/c21-10-5-13(19(28)14(22)6-10)20(29)26-17-7-12(15(24)8-16(17)25)18(27)9-1-3-11(23)4-2-9/h1-8,28H,(H,26,29). The molecule has 4 nitrogen and oxygen atoms in total. The highest BCUT2D eigenvalue weighted by molar-refractivity contribution is 9.11. The summed E-state index contributed by atoms with van der Waals surface area (Å²) in [5.41, 5.74) is 0.731. The molecule has 3 rings (SSSR count). The molecule has 0 aromatic heterocycles. The van der Waals surface area contributed by atoms with E-state index in [4.69, 9.17) is 34.8 Å². The van der Waals surface area contributed by atoms with Crippen LogP contribution in [0.2, 0.25) is 15.1 Å². The second kappa shape index (κ2) is 9.06. The second-order valence-electron chi connectivity index (χ2n) is 5.89. The fourth-order valence-corrected chi connectivity index (χ4v) is 4.37. The van der Waals surface area contributed by atoms with Gasteiger partial charge >= 0.3 is 0 Å². The van der Waals surface area contributed by atoms with E-state index in [0.717, 1.165) is 0 Å². The Kier molecular flexibility index (Phi) is 6.91. The number of rotatable bonds is 4. The minimum absolute atomic E-state index is 0.0165. The Labute approximate surface area is 198 Å². The predicted octanol–water partition coefficient (Wildman–Crippen LogP) is 7.36. The summed E-state index contributed by atoms with van der Waals surface area (Å²) in [7, 11) is 0. The van der Waals surface area contributed by atoms with Crippen molar-refractivity contribution in [1.82, 2.24) is 0 Å².